The van der Waals surface area contributed by atoms with Crippen LogP contribution in [-0.2, 0) is 20.8 Å². The van der Waals surface area contributed by atoms with Crippen LogP contribution in [0.3, 0.4) is 0 Å². The molecule has 2 aliphatic rings. The maximum Gasteiger partial charge on any atom is 0.275 e. The second-order valence-electron chi connectivity index (χ2n) is 10.2. The highest BCUT2D eigenvalue weighted by atomic mass is 32.1. The van der Waals surface area contributed by atoms with Crippen LogP contribution in [-0.4, -0.2) is 93.1 Å². The third-order valence-electron chi connectivity index (χ3n) is 6.98. The lowest BCUT2D eigenvalue weighted by molar-refractivity contribution is -0.0552. The lowest BCUT2D eigenvalue weighted by Gasteiger charge is -2.42. The maximum atomic E-state index is 13.2. The molecule has 4 rings (SSSR count). The highest BCUT2D eigenvalue weighted by molar-refractivity contribution is 7.14. The first kappa shape index (κ1) is 28.4. The summed E-state index contributed by atoms with van der Waals surface area (Å²) in [5.74, 6) is -0.606. The largest absolute Gasteiger partial charge is 0.380 e. The van der Waals surface area contributed by atoms with E-state index >= 15 is 0 Å². The number of amides is 2. The summed E-state index contributed by atoms with van der Waals surface area (Å²) >= 11 is 1.44. The van der Waals surface area contributed by atoms with Gasteiger partial charge >= 0.3 is 0 Å². The van der Waals surface area contributed by atoms with Crippen LogP contribution in [0.4, 0.5) is 10.8 Å². The number of carbonyl (C=O) groups is 2. The molecule has 208 valence electrons. The van der Waals surface area contributed by atoms with Crippen LogP contribution < -0.4 is 15.5 Å². The fraction of sp³-hybridized carbons (Fsp3) is 0.593. The van der Waals surface area contributed by atoms with Crippen molar-refractivity contribution in [2.24, 2.45) is 0 Å². The zero-order chi connectivity index (χ0) is 27.1. The number of benzene rings is 1. The van der Waals surface area contributed by atoms with Crippen LogP contribution in [0.15, 0.2) is 23.6 Å². The van der Waals surface area contributed by atoms with Gasteiger partial charge in [0.15, 0.2) is 5.13 Å². The average Bonchev–Trinajstić information content (AvgIpc) is 3.58. The zero-order valence-corrected chi connectivity index (χ0v) is 23.6. The van der Waals surface area contributed by atoms with Crippen LogP contribution >= 0.6 is 11.3 Å². The Balaban J connectivity index is 1.50. The number of morpholine rings is 1. The number of anilines is 2. The third kappa shape index (κ3) is 7.09. The molecular formula is C27H39N5O5S. The smallest absolute Gasteiger partial charge is 0.275 e. The van der Waals surface area contributed by atoms with E-state index in [1.807, 2.05) is 19.1 Å². The quantitative estimate of drug-likeness (QED) is 0.415. The molecule has 0 aliphatic carbocycles. The molecule has 38 heavy (non-hydrogen) atoms. The van der Waals surface area contributed by atoms with Crippen molar-refractivity contribution in [2.75, 3.05) is 69.9 Å². The van der Waals surface area contributed by atoms with Crippen molar-refractivity contribution in [3.63, 3.8) is 0 Å². The summed E-state index contributed by atoms with van der Waals surface area (Å²) in [5.41, 5.74) is 2.07. The van der Waals surface area contributed by atoms with E-state index in [0.29, 0.717) is 56.5 Å². The molecule has 2 N–H and O–H groups in total. The summed E-state index contributed by atoms with van der Waals surface area (Å²) in [6.45, 7) is 12.1. The van der Waals surface area contributed by atoms with Gasteiger partial charge in [-0.2, -0.15) is 0 Å². The van der Waals surface area contributed by atoms with Crippen molar-refractivity contribution < 1.29 is 23.8 Å². The first-order chi connectivity index (χ1) is 18.3. The number of rotatable bonds is 11. The molecule has 0 radical (unpaired) electrons. The minimum atomic E-state index is -0.347. The Morgan fingerprint density at radius 1 is 1.26 bits per heavy atom. The summed E-state index contributed by atoms with van der Waals surface area (Å²) in [5, 5.41) is 8.37. The molecule has 1 atom stereocenters. The summed E-state index contributed by atoms with van der Waals surface area (Å²) < 4.78 is 16.4. The molecule has 2 amide bonds. The highest BCUT2D eigenvalue weighted by Gasteiger charge is 2.31. The zero-order valence-electron chi connectivity index (χ0n) is 22.7. The summed E-state index contributed by atoms with van der Waals surface area (Å²) in [6.07, 6.45) is 1.12. The topological polar surface area (TPSA) is 105 Å². The van der Waals surface area contributed by atoms with E-state index in [1.165, 1.54) is 11.3 Å². The minimum absolute atomic E-state index is 0.105. The van der Waals surface area contributed by atoms with Gasteiger partial charge in [0.1, 0.15) is 5.69 Å². The predicted octanol–water partition coefficient (Wildman–Crippen LogP) is 3.00. The second-order valence-corrected chi connectivity index (χ2v) is 11.0. The maximum absolute atomic E-state index is 13.2. The molecule has 0 saturated carbocycles. The molecule has 0 spiro atoms. The number of hydrogen-bond acceptors (Lipinski definition) is 9. The molecule has 3 heterocycles. The third-order valence-corrected chi connectivity index (χ3v) is 7.88. The van der Waals surface area contributed by atoms with E-state index in [0.717, 1.165) is 36.8 Å². The first-order valence-corrected chi connectivity index (χ1v) is 14.0. The molecule has 11 heteroatoms. The van der Waals surface area contributed by atoms with E-state index in [2.05, 4.69) is 39.3 Å². The van der Waals surface area contributed by atoms with Crippen molar-refractivity contribution >= 4 is 34.0 Å². The number of thiazole rings is 1. The van der Waals surface area contributed by atoms with Crippen molar-refractivity contribution in [2.45, 2.75) is 45.4 Å². The molecule has 2 aromatic rings. The second kappa shape index (κ2) is 13.0. The highest BCUT2D eigenvalue weighted by Crippen LogP contribution is 2.27. The van der Waals surface area contributed by atoms with Gasteiger partial charge in [-0.15, -0.1) is 11.3 Å². The van der Waals surface area contributed by atoms with Crippen LogP contribution in [0, 0.1) is 0 Å². The predicted molar refractivity (Wildman–Crippen MR) is 148 cm³/mol. The Bertz CT molecular complexity index is 1110. The van der Waals surface area contributed by atoms with Crippen LogP contribution in [0.1, 0.15) is 53.6 Å². The molecular weight excluding hydrogens is 506 g/mol. The fourth-order valence-electron chi connectivity index (χ4n) is 4.66. The van der Waals surface area contributed by atoms with Gasteiger partial charge in [-0.3, -0.25) is 14.5 Å². The lowest BCUT2D eigenvalue weighted by Crippen LogP contribution is -2.52. The van der Waals surface area contributed by atoms with Crippen molar-refractivity contribution in [1.29, 1.82) is 0 Å². The molecule has 0 bridgehead atoms. The van der Waals surface area contributed by atoms with Crippen LogP contribution in [0.2, 0.25) is 0 Å². The van der Waals surface area contributed by atoms with Crippen molar-refractivity contribution in [3.8, 4) is 0 Å². The Kier molecular flexibility index (Phi) is 9.72. The summed E-state index contributed by atoms with van der Waals surface area (Å²) in [6, 6.07) is 5.62. The monoisotopic (exact) mass is 545 g/mol. The fourth-order valence-corrected chi connectivity index (χ4v) is 5.50. The van der Waals surface area contributed by atoms with Crippen LogP contribution in [0.5, 0.6) is 0 Å². The molecule has 2 saturated heterocycles. The van der Waals surface area contributed by atoms with Gasteiger partial charge in [-0.25, -0.2) is 4.98 Å². The minimum Gasteiger partial charge on any atom is -0.380 e. The number of ether oxygens (including phenoxy) is 3. The lowest BCUT2D eigenvalue weighted by atomic mass is 10.00. The summed E-state index contributed by atoms with van der Waals surface area (Å²) in [7, 11) is 1.71. The van der Waals surface area contributed by atoms with E-state index < -0.39 is 0 Å². The van der Waals surface area contributed by atoms with Gasteiger partial charge in [0, 0.05) is 57.4 Å². The van der Waals surface area contributed by atoms with Crippen molar-refractivity contribution in [3.05, 3.63) is 40.4 Å². The Morgan fingerprint density at radius 3 is 2.84 bits per heavy atom. The van der Waals surface area contributed by atoms with E-state index in [4.69, 9.17) is 14.2 Å². The number of methoxy groups -OCH3 is 1. The van der Waals surface area contributed by atoms with Crippen molar-refractivity contribution in [1.82, 2.24) is 15.2 Å². The first-order valence-electron chi connectivity index (χ1n) is 13.2. The molecule has 2 fully saturated rings. The Hall–Kier alpha value is -2.57. The molecule has 1 aromatic carbocycles. The number of carbonyl (C=O) groups excluding carboxylic acids is 2. The van der Waals surface area contributed by atoms with Gasteiger partial charge in [-0.1, -0.05) is 6.07 Å². The SMILES string of the molecule is CCOCCNC(=O)c1cc(CN2CCOCC2(C)C)ccc1NC(=O)c1csc(N2CC[C@H](OC)C2)n1. The Morgan fingerprint density at radius 2 is 2.11 bits per heavy atom. The standard InChI is InChI=1S/C27H39N5O5S/c1-5-36-12-9-28-24(33)21-14-19(15-32-11-13-37-18-27(32,2)3)6-7-22(21)29-25(34)23-17-38-26(30-23)31-10-8-20(16-31)35-4/h6-7,14,17,20H,5,8-13,15-16,18H2,1-4H3,(H,28,33)(H,29,34)/t20-/m0/s1. The molecule has 1 aromatic heterocycles. The number of hydrogen-bond donors (Lipinski definition) is 2. The summed E-state index contributed by atoms with van der Waals surface area (Å²) in [4.78, 5) is 35.4. The molecule has 2 aliphatic heterocycles. The number of nitrogens with zero attached hydrogens (tertiary/aromatic N) is 3. The van der Waals surface area contributed by atoms with Crippen LogP contribution in [0.25, 0.3) is 0 Å². The van der Waals surface area contributed by atoms with Gasteiger partial charge in [-0.05, 0) is 44.9 Å². The molecule has 10 nitrogen and oxygen atoms in total. The van der Waals surface area contributed by atoms with Gasteiger partial charge < -0.3 is 29.7 Å². The Labute approximate surface area is 228 Å². The molecule has 0 unspecified atom stereocenters. The van der Waals surface area contributed by atoms with Gasteiger partial charge in [0.2, 0.25) is 0 Å². The van der Waals surface area contributed by atoms with Gasteiger partial charge in [0.25, 0.3) is 11.8 Å². The van der Waals surface area contributed by atoms with E-state index in [-0.39, 0.29) is 23.5 Å². The number of aromatic nitrogens is 1. The van der Waals surface area contributed by atoms with E-state index in [9.17, 15) is 9.59 Å². The van der Waals surface area contributed by atoms with Gasteiger partial charge in [0.05, 0.1) is 37.2 Å². The van der Waals surface area contributed by atoms with E-state index in [1.54, 1.807) is 18.6 Å². The average molecular weight is 546 g/mol. The number of nitrogens with one attached hydrogen (secondary N) is 2. The normalized spacial score (nSPS) is 19.5.